The zero-order valence-corrected chi connectivity index (χ0v) is 14.5. The van der Waals surface area contributed by atoms with Crippen LogP contribution in [-0.2, 0) is 0 Å². The number of likely N-dealkylation sites (tertiary alicyclic amines) is 1. The molecule has 2 atom stereocenters. The van der Waals surface area contributed by atoms with Gasteiger partial charge in [0.25, 0.3) is 0 Å². The predicted molar refractivity (Wildman–Crippen MR) is 96.7 cm³/mol. The van der Waals surface area contributed by atoms with Crippen LogP contribution in [0.15, 0.2) is 35.3 Å². The second kappa shape index (κ2) is 7.82. The lowest BCUT2D eigenvalue weighted by Gasteiger charge is -2.19. The summed E-state index contributed by atoms with van der Waals surface area (Å²) in [6.45, 7) is 8.64. The maximum atomic E-state index is 4.84. The Bertz CT molecular complexity index is 509. The molecule has 0 spiro atoms. The maximum Gasteiger partial charge on any atom is 0.191 e. The van der Waals surface area contributed by atoms with E-state index in [1.165, 1.54) is 37.9 Å². The van der Waals surface area contributed by atoms with Crippen LogP contribution < -0.4 is 10.6 Å². The molecule has 2 N–H and O–H groups in total. The SMILES string of the molecule is CCNC(=NCC1CCN(C2CC2)C1)NC(C)c1ccccc1. The number of nitrogens with zero attached hydrogens (tertiary/aromatic N) is 2. The van der Waals surface area contributed by atoms with Gasteiger partial charge in [-0.25, -0.2) is 0 Å². The Kier molecular flexibility index (Phi) is 5.55. The number of guanidine groups is 1. The van der Waals surface area contributed by atoms with Gasteiger partial charge in [-0.15, -0.1) is 0 Å². The predicted octanol–water partition coefficient (Wildman–Crippen LogP) is 2.79. The van der Waals surface area contributed by atoms with Gasteiger partial charge < -0.3 is 15.5 Å². The van der Waals surface area contributed by atoms with Crippen LogP contribution in [0.5, 0.6) is 0 Å². The Labute approximate surface area is 140 Å². The second-order valence-electron chi connectivity index (χ2n) is 6.88. The Morgan fingerprint density at radius 3 is 2.74 bits per heavy atom. The van der Waals surface area contributed by atoms with Crippen LogP contribution in [0.25, 0.3) is 0 Å². The quantitative estimate of drug-likeness (QED) is 0.626. The van der Waals surface area contributed by atoms with Gasteiger partial charge in [-0.1, -0.05) is 30.3 Å². The molecule has 0 radical (unpaired) electrons. The van der Waals surface area contributed by atoms with Gasteiger partial charge in [0.05, 0.1) is 6.04 Å². The molecular weight excluding hydrogens is 284 g/mol. The molecular formula is C19H30N4. The fourth-order valence-electron chi connectivity index (χ4n) is 3.35. The summed E-state index contributed by atoms with van der Waals surface area (Å²) in [5.41, 5.74) is 1.29. The molecule has 3 rings (SSSR count). The van der Waals surface area contributed by atoms with E-state index in [-0.39, 0.29) is 6.04 Å². The number of nitrogens with one attached hydrogen (secondary N) is 2. The van der Waals surface area contributed by atoms with Crippen molar-refractivity contribution in [2.75, 3.05) is 26.2 Å². The second-order valence-corrected chi connectivity index (χ2v) is 6.88. The van der Waals surface area contributed by atoms with Crippen molar-refractivity contribution in [3.8, 4) is 0 Å². The van der Waals surface area contributed by atoms with E-state index in [1.807, 2.05) is 0 Å². The zero-order valence-electron chi connectivity index (χ0n) is 14.5. The summed E-state index contributed by atoms with van der Waals surface area (Å²) in [6, 6.07) is 11.7. The third-order valence-corrected chi connectivity index (χ3v) is 4.89. The topological polar surface area (TPSA) is 39.7 Å². The van der Waals surface area contributed by atoms with E-state index in [1.54, 1.807) is 0 Å². The Morgan fingerprint density at radius 2 is 2.04 bits per heavy atom. The molecule has 0 bridgehead atoms. The molecule has 0 aromatic heterocycles. The first-order valence-corrected chi connectivity index (χ1v) is 9.10. The van der Waals surface area contributed by atoms with Gasteiger partial charge in [0.2, 0.25) is 0 Å². The van der Waals surface area contributed by atoms with Gasteiger partial charge in [-0.2, -0.15) is 0 Å². The molecule has 1 aromatic rings. The lowest BCUT2D eigenvalue weighted by Crippen LogP contribution is -2.39. The van der Waals surface area contributed by atoms with Crippen molar-refractivity contribution in [3.05, 3.63) is 35.9 Å². The van der Waals surface area contributed by atoms with Gasteiger partial charge in [0, 0.05) is 25.7 Å². The molecule has 4 nitrogen and oxygen atoms in total. The van der Waals surface area contributed by atoms with Crippen molar-refractivity contribution in [3.63, 3.8) is 0 Å². The van der Waals surface area contributed by atoms with E-state index in [0.29, 0.717) is 0 Å². The molecule has 1 aliphatic heterocycles. The van der Waals surface area contributed by atoms with Crippen molar-refractivity contribution in [1.82, 2.24) is 15.5 Å². The third-order valence-electron chi connectivity index (χ3n) is 4.89. The van der Waals surface area contributed by atoms with Gasteiger partial charge >= 0.3 is 0 Å². The minimum atomic E-state index is 0.264. The summed E-state index contributed by atoms with van der Waals surface area (Å²) in [4.78, 5) is 7.50. The molecule has 1 saturated carbocycles. The number of hydrogen-bond acceptors (Lipinski definition) is 2. The smallest absolute Gasteiger partial charge is 0.191 e. The summed E-state index contributed by atoms with van der Waals surface area (Å²) in [7, 11) is 0. The monoisotopic (exact) mass is 314 g/mol. The van der Waals surface area contributed by atoms with Gasteiger partial charge in [0.1, 0.15) is 0 Å². The van der Waals surface area contributed by atoms with Crippen LogP contribution in [-0.4, -0.2) is 43.1 Å². The average molecular weight is 314 g/mol. The Balaban J connectivity index is 1.53. The van der Waals surface area contributed by atoms with Crippen molar-refractivity contribution in [1.29, 1.82) is 0 Å². The van der Waals surface area contributed by atoms with E-state index < -0.39 is 0 Å². The van der Waals surface area contributed by atoms with Crippen LogP contribution >= 0.6 is 0 Å². The van der Waals surface area contributed by atoms with Gasteiger partial charge in [-0.3, -0.25) is 4.99 Å². The molecule has 0 amide bonds. The number of rotatable bonds is 6. The largest absolute Gasteiger partial charge is 0.357 e. The van der Waals surface area contributed by atoms with Crippen molar-refractivity contribution < 1.29 is 0 Å². The van der Waals surface area contributed by atoms with Crippen molar-refractivity contribution in [2.24, 2.45) is 10.9 Å². The molecule has 1 aromatic carbocycles. The standard InChI is InChI=1S/C19H30N4/c1-3-20-19(22-15(2)17-7-5-4-6-8-17)21-13-16-11-12-23(14-16)18-9-10-18/h4-8,15-16,18H,3,9-14H2,1-2H3,(H2,20,21,22). The Morgan fingerprint density at radius 1 is 1.26 bits per heavy atom. The van der Waals surface area contributed by atoms with E-state index in [0.717, 1.165) is 31.0 Å². The van der Waals surface area contributed by atoms with E-state index >= 15 is 0 Å². The van der Waals surface area contributed by atoms with E-state index in [4.69, 9.17) is 4.99 Å². The number of hydrogen-bond donors (Lipinski definition) is 2. The summed E-state index contributed by atoms with van der Waals surface area (Å²) in [6.07, 6.45) is 4.12. The number of benzene rings is 1. The molecule has 1 saturated heterocycles. The minimum absolute atomic E-state index is 0.264. The van der Waals surface area contributed by atoms with Gasteiger partial charge in [-0.05, 0) is 51.1 Å². The molecule has 2 fully saturated rings. The fourth-order valence-corrected chi connectivity index (χ4v) is 3.35. The lowest BCUT2D eigenvalue weighted by atomic mass is 10.1. The molecule has 23 heavy (non-hydrogen) atoms. The molecule has 1 heterocycles. The highest BCUT2D eigenvalue weighted by Crippen LogP contribution is 2.31. The highest BCUT2D eigenvalue weighted by atomic mass is 15.2. The van der Waals surface area contributed by atoms with Gasteiger partial charge in [0.15, 0.2) is 5.96 Å². The third kappa shape index (κ3) is 4.71. The molecule has 126 valence electrons. The fraction of sp³-hybridized carbons (Fsp3) is 0.632. The summed E-state index contributed by atoms with van der Waals surface area (Å²) >= 11 is 0. The number of aliphatic imine (C=N–C) groups is 1. The van der Waals surface area contributed by atoms with E-state index in [2.05, 4.69) is 59.7 Å². The van der Waals surface area contributed by atoms with Crippen LogP contribution in [0.3, 0.4) is 0 Å². The highest BCUT2D eigenvalue weighted by Gasteiger charge is 2.34. The normalized spacial score (nSPS) is 23.7. The van der Waals surface area contributed by atoms with E-state index in [9.17, 15) is 0 Å². The average Bonchev–Trinajstić information content (AvgIpc) is 3.32. The highest BCUT2D eigenvalue weighted by molar-refractivity contribution is 5.80. The first kappa shape index (κ1) is 16.3. The first-order chi connectivity index (χ1) is 11.3. The molecule has 2 aliphatic rings. The lowest BCUT2D eigenvalue weighted by molar-refractivity contribution is 0.315. The van der Waals surface area contributed by atoms with Crippen LogP contribution in [0, 0.1) is 5.92 Å². The zero-order chi connectivity index (χ0) is 16.1. The van der Waals surface area contributed by atoms with Crippen molar-refractivity contribution in [2.45, 2.75) is 45.2 Å². The minimum Gasteiger partial charge on any atom is -0.357 e. The van der Waals surface area contributed by atoms with Crippen LogP contribution in [0.4, 0.5) is 0 Å². The Hall–Kier alpha value is -1.55. The summed E-state index contributed by atoms with van der Waals surface area (Å²) in [5, 5.41) is 6.91. The summed E-state index contributed by atoms with van der Waals surface area (Å²) < 4.78 is 0. The summed E-state index contributed by atoms with van der Waals surface area (Å²) in [5.74, 6) is 1.66. The van der Waals surface area contributed by atoms with Crippen molar-refractivity contribution >= 4 is 5.96 Å². The van der Waals surface area contributed by atoms with Crippen LogP contribution in [0.2, 0.25) is 0 Å². The maximum absolute atomic E-state index is 4.84. The van der Waals surface area contributed by atoms with Crippen LogP contribution in [0.1, 0.15) is 44.7 Å². The molecule has 4 heteroatoms. The molecule has 1 aliphatic carbocycles. The first-order valence-electron chi connectivity index (χ1n) is 9.10. The molecule has 2 unspecified atom stereocenters.